The molecule has 1 N–H and O–H groups in total. The van der Waals surface area contributed by atoms with Gasteiger partial charge in [-0.25, -0.2) is 9.97 Å². The summed E-state index contributed by atoms with van der Waals surface area (Å²) in [4.78, 5) is 28.5. The lowest BCUT2D eigenvalue weighted by Crippen LogP contribution is -2.32. The van der Waals surface area contributed by atoms with E-state index in [-0.39, 0.29) is 11.9 Å². The van der Waals surface area contributed by atoms with Crippen LogP contribution in [0.3, 0.4) is 0 Å². The van der Waals surface area contributed by atoms with Gasteiger partial charge < -0.3 is 9.88 Å². The van der Waals surface area contributed by atoms with Gasteiger partial charge in [-0.05, 0) is 31.9 Å². The van der Waals surface area contributed by atoms with E-state index in [0.717, 1.165) is 52.6 Å². The molecular formula is C19H19N5OS. The van der Waals surface area contributed by atoms with Crippen molar-refractivity contribution in [3.8, 4) is 0 Å². The van der Waals surface area contributed by atoms with E-state index >= 15 is 0 Å². The minimum atomic E-state index is 0.0357. The highest BCUT2D eigenvalue weighted by atomic mass is 32.1. The number of imidazole rings is 2. The standard InChI is InChI=1S/C19H19N5OS/c1-12-10-24-13(11-26-19(24)20-12)9-17(25)23-8-4-7-16(23)18-21-14-5-2-3-6-15(14)22-18/h2-3,5-6,10-11,16H,4,7-9H2,1H3,(H,21,22)/t16-/m0/s1. The molecule has 1 amide bonds. The maximum atomic E-state index is 13.0. The Morgan fingerprint density at radius 3 is 3.12 bits per heavy atom. The summed E-state index contributed by atoms with van der Waals surface area (Å²) in [5, 5.41) is 2.03. The molecule has 7 heteroatoms. The molecular weight excluding hydrogens is 346 g/mol. The average molecular weight is 365 g/mol. The molecule has 3 aromatic heterocycles. The quantitative estimate of drug-likeness (QED) is 0.604. The smallest absolute Gasteiger partial charge is 0.229 e. The first-order valence-electron chi connectivity index (χ1n) is 8.85. The second kappa shape index (κ2) is 5.95. The molecule has 0 spiro atoms. The Hall–Kier alpha value is -2.67. The largest absolute Gasteiger partial charge is 0.340 e. The van der Waals surface area contributed by atoms with Crippen molar-refractivity contribution in [3.05, 3.63) is 53.1 Å². The van der Waals surface area contributed by atoms with Crippen LogP contribution >= 0.6 is 11.3 Å². The van der Waals surface area contributed by atoms with E-state index < -0.39 is 0 Å². The van der Waals surface area contributed by atoms with Crippen LogP contribution in [0.5, 0.6) is 0 Å². The van der Waals surface area contributed by atoms with Crippen LogP contribution in [0.2, 0.25) is 0 Å². The van der Waals surface area contributed by atoms with Crippen LogP contribution in [0, 0.1) is 6.92 Å². The SMILES string of the molecule is Cc1cn2c(CC(=O)N3CCC[C@H]3c3nc4ccccc4[nH]3)csc2n1. The van der Waals surface area contributed by atoms with Crippen LogP contribution < -0.4 is 0 Å². The number of likely N-dealkylation sites (tertiary alicyclic amines) is 1. The number of thiazole rings is 1. The average Bonchev–Trinajstić information content (AvgIpc) is 3.37. The lowest BCUT2D eigenvalue weighted by Gasteiger charge is -2.23. The Morgan fingerprint density at radius 1 is 1.35 bits per heavy atom. The van der Waals surface area contributed by atoms with Gasteiger partial charge in [0.25, 0.3) is 0 Å². The van der Waals surface area contributed by atoms with Gasteiger partial charge in [-0.1, -0.05) is 12.1 Å². The van der Waals surface area contributed by atoms with Crippen LogP contribution in [0.4, 0.5) is 0 Å². The second-order valence-corrected chi connectivity index (χ2v) is 7.66. The van der Waals surface area contributed by atoms with Crippen molar-refractivity contribution >= 4 is 33.2 Å². The number of fused-ring (bicyclic) bond motifs is 2. The number of carbonyl (C=O) groups excluding carboxylic acids is 1. The van der Waals surface area contributed by atoms with Crippen molar-refractivity contribution in [3.63, 3.8) is 0 Å². The number of carbonyl (C=O) groups is 1. The van der Waals surface area contributed by atoms with Crippen molar-refractivity contribution in [1.29, 1.82) is 0 Å². The fourth-order valence-electron chi connectivity index (χ4n) is 3.81. The Bertz CT molecular complexity index is 1070. The maximum absolute atomic E-state index is 13.0. The van der Waals surface area contributed by atoms with E-state index in [4.69, 9.17) is 4.98 Å². The van der Waals surface area contributed by atoms with Gasteiger partial charge in [-0.3, -0.25) is 9.20 Å². The van der Waals surface area contributed by atoms with Gasteiger partial charge >= 0.3 is 0 Å². The number of para-hydroxylation sites is 2. The summed E-state index contributed by atoms with van der Waals surface area (Å²) in [6.45, 7) is 2.76. The van der Waals surface area contributed by atoms with E-state index in [1.165, 1.54) is 0 Å². The molecule has 1 saturated heterocycles. The Labute approximate surface area is 154 Å². The lowest BCUT2D eigenvalue weighted by atomic mass is 10.2. The molecule has 1 aliphatic rings. The predicted octanol–water partition coefficient (Wildman–Crippen LogP) is 3.49. The zero-order valence-electron chi connectivity index (χ0n) is 14.5. The molecule has 1 aromatic carbocycles. The molecule has 1 aliphatic heterocycles. The second-order valence-electron chi connectivity index (χ2n) is 6.82. The first kappa shape index (κ1) is 15.6. The van der Waals surface area contributed by atoms with Gasteiger partial charge in [0.15, 0.2) is 4.96 Å². The van der Waals surface area contributed by atoms with Crippen LogP contribution in [-0.2, 0) is 11.2 Å². The van der Waals surface area contributed by atoms with Crippen molar-refractivity contribution in [2.45, 2.75) is 32.2 Å². The Balaban J connectivity index is 1.41. The molecule has 1 fully saturated rings. The molecule has 5 rings (SSSR count). The molecule has 0 saturated carbocycles. The van der Waals surface area contributed by atoms with Gasteiger partial charge in [-0.15, -0.1) is 11.3 Å². The fraction of sp³-hybridized carbons (Fsp3) is 0.316. The van der Waals surface area contributed by atoms with E-state index in [1.807, 2.05) is 52.1 Å². The molecule has 4 heterocycles. The van der Waals surface area contributed by atoms with E-state index in [0.29, 0.717) is 6.42 Å². The molecule has 0 bridgehead atoms. The fourth-order valence-corrected chi connectivity index (χ4v) is 4.72. The van der Waals surface area contributed by atoms with Crippen LogP contribution in [0.1, 0.15) is 36.1 Å². The van der Waals surface area contributed by atoms with Crippen LogP contribution in [0.15, 0.2) is 35.8 Å². The molecule has 26 heavy (non-hydrogen) atoms. The van der Waals surface area contributed by atoms with Crippen molar-refractivity contribution in [1.82, 2.24) is 24.3 Å². The minimum absolute atomic E-state index is 0.0357. The summed E-state index contributed by atoms with van der Waals surface area (Å²) in [5.74, 6) is 1.05. The van der Waals surface area contributed by atoms with Crippen LogP contribution in [-0.4, -0.2) is 36.7 Å². The molecule has 0 radical (unpaired) electrons. The van der Waals surface area contributed by atoms with E-state index in [1.54, 1.807) is 11.3 Å². The van der Waals surface area contributed by atoms with Crippen molar-refractivity contribution in [2.24, 2.45) is 0 Å². The van der Waals surface area contributed by atoms with Crippen molar-refractivity contribution < 1.29 is 4.79 Å². The number of nitrogens with one attached hydrogen (secondary N) is 1. The minimum Gasteiger partial charge on any atom is -0.340 e. The van der Waals surface area contributed by atoms with Gasteiger partial charge in [0.05, 0.1) is 29.2 Å². The number of nitrogens with zero attached hydrogens (tertiary/aromatic N) is 4. The zero-order chi connectivity index (χ0) is 17.7. The van der Waals surface area contributed by atoms with E-state index in [2.05, 4.69) is 9.97 Å². The Kier molecular flexibility index (Phi) is 3.56. The summed E-state index contributed by atoms with van der Waals surface area (Å²) < 4.78 is 2.03. The number of H-pyrrole nitrogens is 1. The number of aromatic nitrogens is 4. The number of aryl methyl sites for hydroxylation is 1. The van der Waals surface area contributed by atoms with Crippen molar-refractivity contribution in [2.75, 3.05) is 6.54 Å². The highest BCUT2D eigenvalue weighted by Crippen LogP contribution is 2.32. The summed E-state index contributed by atoms with van der Waals surface area (Å²) in [7, 11) is 0. The molecule has 132 valence electrons. The first-order valence-corrected chi connectivity index (χ1v) is 9.73. The number of rotatable bonds is 3. The lowest BCUT2D eigenvalue weighted by molar-refractivity contribution is -0.131. The highest BCUT2D eigenvalue weighted by Gasteiger charge is 2.32. The first-order chi connectivity index (χ1) is 12.7. The molecule has 0 unspecified atom stereocenters. The molecule has 4 aromatic rings. The zero-order valence-corrected chi connectivity index (χ0v) is 15.3. The monoisotopic (exact) mass is 365 g/mol. The highest BCUT2D eigenvalue weighted by molar-refractivity contribution is 7.15. The van der Waals surface area contributed by atoms with E-state index in [9.17, 15) is 4.79 Å². The summed E-state index contributed by atoms with van der Waals surface area (Å²) >= 11 is 1.58. The summed E-state index contributed by atoms with van der Waals surface area (Å²) in [6.07, 6.45) is 4.35. The number of hydrogen-bond donors (Lipinski definition) is 1. The van der Waals surface area contributed by atoms with Crippen LogP contribution in [0.25, 0.3) is 16.0 Å². The predicted molar refractivity (Wildman–Crippen MR) is 101 cm³/mol. The molecule has 6 nitrogen and oxygen atoms in total. The Morgan fingerprint density at radius 2 is 2.23 bits per heavy atom. The number of benzene rings is 1. The topological polar surface area (TPSA) is 66.3 Å². The number of aromatic amines is 1. The normalized spacial score (nSPS) is 17.6. The van der Waals surface area contributed by atoms with Gasteiger partial charge in [0.1, 0.15) is 5.82 Å². The third-order valence-electron chi connectivity index (χ3n) is 5.03. The number of amides is 1. The molecule has 0 aliphatic carbocycles. The third-order valence-corrected chi connectivity index (χ3v) is 5.92. The van der Waals surface area contributed by atoms with Gasteiger partial charge in [-0.2, -0.15) is 0 Å². The summed E-state index contributed by atoms with van der Waals surface area (Å²) in [5.41, 5.74) is 3.96. The maximum Gasteiger partial charge on any atom is 0.229 e. The van der Waals surface area contributed by atoms with Gasteiger partial charge in [0, 0.05) is 23.8 Å². The number of hydrogen-bond acceptors (Lipinski definition) is 4. The summed E-state index contributed by atoms with van der Waals surface area (Å²) in [6, 6.07) is 8.04. The third kappa shape index (κ3) is 2.50. The molecule has 1 atom stereocenters. The van der Waals surface area contributed by atoms with Gasteiger partial charge in [0.2, 0.25) is 5.91 Å².